The molecule has 0 N–H and O–H groups in total. The lowest BCUT2D eigenvalue weighted by molar-refractivity contribution is -0.154. The zero-order chi connectivity index (χ0) is 20.9. The molecule has 2 aromatic rings. The topological polar surface area (TPSA) is 39.2 Å². The first kappa shape index (κ1) is 22.2. The van der Waals surface area contributed by atoms with Gasteiger partial charge in [0.25, 0.3) is 0 Å². The highest BCUT2D eigenvalue weighted by Crippen LogP contribution is 2.34. The first-order valence-electron chi connectivity index (χ1n) is 9.04. The van der Waals surface area contributed by atoms with E-state index in [4.69, 9.17) is 16.3 Å². The van der Waals surface area contributed by atoms with Crippen LogP contribution in [-0.2, 0) is 22.1 Å². The summed E-state index contributed by atoms with van der Waals surface area (Å²) in [6.07, 6.45) is -2.39. The van der Waals surface area contributed by atoms with Gasteiger partial charge in [0.15, 0.2) is 0 Å². The van der Waals surface area contributed by atoms with Gasteiger partial charge in [-0.05, 0) is 50.5 Å². The zero-order valence-electron chi connectivity index (χ0n) is 16.1. The Bertz CT molecular complexity index is 835. The van der Waals surface area contributed by atoms with Crippen molar-refractivity contribution >= 4 is 17.6 Å². The van der Waals surface area contributed by atoms with Gasteiger partial charge in [-0.1, -0.05) is 43.1 Å². The molecule has 0 aliphatic carbocycles. The molecule has 1 aromatic carbocycles. The monoisotopic (exact) mass is 413 g/mol. The zero-order valence-corrected chi connectivity index (χ0v) is 16.8. The van der Waals surface area contributed by atoms with Gasteiger partial charge >= 0.3 is 12.1 Å². The maximum absolute atomic E-state index is 13.0. The second-order valence-electron chi connectivity index (χ2n) is 7.31. The van der Waals surface area contributed by atoms with Crippen LogP contribution in [0, 0.1) is 5.41 Å². The molecule has 3 nitrogen and oxygen atoms in total. The molecule has 1 aromatic heterocycles. The van der Waals surface area contributed by atoms with Gasteiger partial charge in [0, 0.05) is 5.56 Å². The number of aromatic nitrogens is 1. The first-order chi connectivity index (χ1) is 13.0. The summed E-state index contributed by atoms with van der Waals surface area (Å²) in [5.41, 5.74) is -0.186. The molecule has 0 saturated heterocycles. The molecule has 0 aliphatic heterocycles. The first-order valence-corrected chi connectivity index (χ1v) is 9.42. The van der Waals surface area contributed by atoms with E-state index in [1.807, 2.05) is 13.0 Å². The second kappa shape index (κ2) is 8.95. The molecule has 152 valence electrons. The summed E-state index contributed by atoms with van der Waals surface area (Å²) >= 11 is 5.78. The highest BCUT2D eigenvalue weighted by Gasteiger charge is 2.32. The average molecular weight is 414 g/mol. The predicted molar refractivity (Wildman–Crippen MR) is 103 cm³/mol. The summed E-state index contributed by atoms with van der Waals surface area (Å²) in [6, 6.07) is 8.69. The van der Waals surface area contributed by atoms with Crippen molar-refractivity contribution in [2.75, 3.05) is 6.61 Å². The number of unbranched alkanes of at least 4 members (excludes halogenated alkanes) is 1. The number of benzene rings is 1. The van der Waals surface area contributed by atoms with Gasteiger partial charge in [0.2, 0.25) is 0 Å². The van der Waals surface area contributed by atoms with Crippen molar-refractivity contribution in [3.8, 4) is 11.3 Å². The van der Waals surface area contributed by atoms with E-state index in [0.717, 1.165) is 30.5 Å². The maximum Gasteiger partial charge on any atom is 0.416 e. The van der Waals surface area contributed by atoms with Crippen LogP contribution in [0.3, 0.4) is 0 Å². The molecule has 1 heterocycles. The minimum absolute atomic E-state index is 0.130. The standard InChI is InChI=1S/C21H23ClF3NO2/c1-4-5-9-28-19(27)20(2,3)13-14-7-6-8-15(10-14)17-11-16(21(23,24)25)12-18(22)26-17/h6-8,10-12H,4-5,9,13H2,1-3H3. The number of esters is 1. The average Bonchev–Trinajstić information content (AvgIpc) is 2.60. The number of halogens is 4. The van der Waals surface area contributed by atoms with Crippen molar-refractivity contribution < 1.29 is 22.7 Å². The third kappa shape index (κ3) is 5.96. The number of pyridine rings is 1. The Morgan fingerprint density at radius 2 is 1.89 bits per heavy atom. The smallest absolute Gasteiger partial charge is 0.416 e. The van der Waals surface area contributed by atoms with E-state index in [9.17, 15) is 18.0 Å². The Morgan fingerprint density at radius 1 is 1.18 bits per heavy atom. The van der Waals surface area contributed by atoms with Crippen LogP contribution in [0.1, 0.15) is 44.7 Å². The number of ether oxygens (including phenoxy) is 1. The third-order valence-corrected chi connectivity index (χ3v) is 4.47. The van der Waals surface area contributed by atoms with E-state index >= 15 is 0 Å². The van der Waals surface area contributed by atoms with Gasteiger partial charge in [0.05, 0.1) is 23.3 Å². The fourth-order valence-corrected chi connectivity index (χ4v) is 2.94. The Balaban J connectivity index is 2.25. The molecule has 0 amide bonds. The fourth-order valence-electron chi connectivity index (χ4n) is 2.74. The number of hydrogen-bond donors (Lipinski definition) is 0. The molecule has 0 fully saturated rings. The Hall–Kier alpha value is -2.08. The van der Waals surface area contributed by atoms with Crippen LogP contribution in [-0.4, -0.2) is 17.6 Å². The summed E-state index contributed by atoms with van der Waals surface area (Å²) < 4.78 is 44.4. The second-order valence-corrected chi connectivity index (χ2v) is 7.70. The Kier molecular flexibility index (Phi) is 7.10. The van der Waals surface area contributed by atoms with Crippen LogP contribution in [0.2, 0.25) is 5.15 Å². The molecule has 0 unspecified atom stereocenters. The lowest BCUT2D eigenvalue weighted by atomic mass is 9.85. The minimum atomic E-state index is -4.51. The van der Waals surface area contributed by atoms with Crippen molar-refractivity contribution in [1.82, 2.24) is 4.98 Å². The van der Waals surface area contributed by atoms with Gasteiger partial charge in [-0.2, -0.15) is 13.2 Å². The number of hydrogen-bond acceptors (Lipinski definition) is 3. The van der Waals surface area contributed by atoms with E-state index in [2.05, 4.69) is 4.98 Å². The van der Waals surface area contributed by atoms with Crippen LogP contribution >= 0.6 is 11.6 Å². The minimum Gasteiger partial charge on any atom is -0.465 e. The van der Waals surface area contributed by atoms with Crippen LogP contribution < -0.4 is 0 Å². The molecule has 28 heavy (non-hydrogen) atoms. The highest BCUT2D eigenvalue weighted by molar-refractivity contribution is 6.29. The van der Waals surface area contributed by atoms with Gasteiger partial charge in [0.1, 0.15) is 5.15 Å². The lowest BCUT2D eigenvalue weighted by Crippen LogP contribution is -2.29. The summed E-state index contributed by atoms with van der Waals surface area (Å²) in [4.78, 5) is 16.3. The summed E-state index contributed by atoms with van der Waals surface area (Å²) in [5, 5.41) is -0.227. The number of carbonyl (C=O) groups excluding carboxylic acids is 1. The van der Waals surface area contributed by atoms with E-state index in [1.165, 1.54) is 0 Å². The normalized spacial score (nSPS) is 12.1. The number of carbonyl (C=O) groups is 1. The Morgan fingerprint density at radius 3 is 2.54 bits per heavy atom. The molecule has 7 heteroatoms. The van der Waals surface area contributed by atoms with Crippen molar-refractivity contribution in [3.05, 3.63) is 52.7 Å². The van der Waals surface area contributed by atoms with E-state index < -0.39 is 17.2 Å². The predicted octanol–water partition coefficient (Wildman–Crippen LogP) is 6.33. The molecule has 0 saturated carbocycles. The largest absolute Gasteiger partial charge is 0.465 e. The van der Waals surface area contributed by atoms with Gasteiger partial charge in [-0.15, -0.1) is 0 Å². The van der Waals surface area contributed by atoms with Gasteiger partial charge < -0.3 is 4.74 Å². The van der Waals surface area contributed by atoms with E-state index in [-0.39, 0.29) is 16.8 Å². The van der Waals surface area contributed by atoms with Gasteiger partial charge in [-0.25, -0.2) is 4.98 Å². The lowest BCUT2D eigenvalue weighted by Gasteiger charge is -2.23. The molecular weight excluding hydrogens is 391 g/mol. The van der Waals surface area contributed by atoms with Crippen LogP contribution in [0.25, 0.3) is 11.3 Å². The SMILES string of the molecule is CCCCOC(=O)C(C)(C)Cc1cccc(-c2cc(C(F)(F)F)cc(Cl)n2)c1. The number of nitrogens with zero attached hydrogens (tertiary/aromatic N) is 1. The highest BCUT2D eigenvalue weighted by atomic mass is 35.5. The molecule has 0 spiro atoms. The molecule has 0 atom stereocenters. The quantitative estimate of drug-likeness (QED) is 0.302. The summed E-state index contributed by atoms with van der Waals surface area (Å²) in [6.45, 7) is 5.96. The van der Waals surface area contributed by atoms with Crippen LogP contribution in [0.5, 0.6) is 0 Å². The van der Waals surface area contributed by atoms with Gasteiger partial charge in [-0.3, -0.25) is 4.79 Å². The molecular formula is C21H23ClF3NO2. The molecule has 0 radical (unpaired) electrons. The van der Waals surface area contributed by atoms with E-state index in [1.54, 1.807) is 32.0 Å². The third-order valence-electron chi connectivity index (χ3n) is 4.27. The maximum atomic E-state index is 13.0. The summed E-state index contributed by atoms with van der Waals surface area (Å²) in [7, 11) is 0. The Labute approximate surface area is 167 Å². The fraction of sp³-hybridized carbons (Fsp3) is 0.429. The molecule has 0 aliphatic rings. The van der Waals surface area contributed by atoms with Crippen molar-refractivity contribution in [3.63, 3.8) is 0 Å². The van der Waals surface area contributed by atoms with Crippen molar-refractivity contribution in [1.29, 1.82) is 0 Å². The molecule has 0 bridgehead atoms. The van der Waals surface area contributed by atoms with E-state index in [0.29, 0.717) is 18.6 Å². The van der Waals surface area contributed by atoms with Crippen molar-refractivity contribution in [2.45, 2.75) is 46.2 Å². The van der Waals surface area contributed by atoms with Crippen LogP contribution in [0.4, 0.5) is 13.2 Å². The number of alkyl halides is 3. The van der Waals surface area contributed by atoms with Crippen molar-refractivity contribution in [2.24, 2.45) is 5.41 Å². The number of rotatable bonds is 7. The van der Waals surface area contributed by atoms with Crippen LogP contribution in [0.15, 0.2) is 36.4 Å². The molecule has 2 rings (SSSR count). The summed E-state index contributed by atoms with van der Waals surface area (Å²) in [5.74, 6) is -0.299.